The number of carbonyl (C=O) groups excluding carboxylic acids is 1. The molecule has 0 fully saturated rings. The summed E-state index contributed by atoms with van der Waals surface area (Å²) in [5.74, 6) is 0.0530. The summed E-state index contributed by atoms with van der Waals surface area (Å²) < 4.78 is 5.17. The van der Waals surface area contributed by atoms with Gasteiger partial charge in [-0.3, -0.25) is 20.0 Å². The summed E-state index contributed by atoms with van der Waals surface area (Å²) >= 11 is 0. The molecule has 9 nitrogen and oxygen atoms in total. The van der Waals surface area contributed by atoms with Crippen LogP contribution < -0.4 is 5.43 Å². The van der Waals surface area contributed by atoms with Crippen molar-refractivity contribution in [2.75, 3.05) is 0 Å². The fourth-order valence-electron chi connectivity index (χ4n) is 2.10. The average molecular weight is 339 g/mol. The lowest BCUT2D eigenvalue weighted by molar-refractivity contribution is -0.384. The zero-order chi connectivity index (χ0) is 17.8. The Morgan fingerprint density at radius 3 is 2.88 bits per heavy atom. The Kier molecular flexibility index (Phi) is 4.38. The van der Waals surface area contributed by atoms with E-state index in [9.17, 15) is 14.9 Å². The maximum Gasteiger partial charge on any atom is 0.289 e. The first-order valence-corrected chi connectivity index (χ1v) is 7.23. The first-order valence-electron chi connectivity index (χ1n) is 7.23. The molecule has 0 bridgehead atoms. The molecule has 3 rings (SSSR count). The van der Waals surface area contributed by atoms with Crippen molar-refractivity contribution in [2.24, 2.45) is 5.10 Å². The van der Waals surface area contributed by atoms with E-state index in [2.05, 4.69) is 20.7 Å². The number of hydrazone groups is 1. The lowest BCUT2D eigenvalue weighted by Gasteiger charge is -1.98. The molecule has 2 heterocycles. The fourth-order valence-corrected chi connectivity index (χ4v) is 2.10. The van der Waals surface area contributed by atoms with Gasteiger partial charge in [0.05, 0.1) is 16.9 Å². The maximum atomic E-state index is 12.1. The minimum atomic E-state index is -0.491. The number of aromatic nitrogens is 2. The number of nitro benzene ring substituents is 1. The maximum absolute atomic E-state index is 12.1. The van der Waals surface area contributed by atoms with Crippen LogP contribution in [-0.2, 0) is 0 Å². The van der Waals surface area contributed by atoms with Gasteiger partial charge >= 0.3 is 0 Å². The number of H-pyrrole nitrogens is 1. The number of nitro groups is 1. The zero-order valence-electron chi connectivity index (χ0n) is 13.1. The predicted octanol–water partition coefficient (Wildman–Crippen LogP) is 2.73. The summed E-state index contributed by atoms with van der Waals surface area (Å²) in [6.45, 7) is 1.70. The van der Waals surface area contributed by atoms with Gasteiger partial charge in [-0.1, -0.05) is 12.1 Å². The molecule has 1 aromatic carbocycles. The van der Waals surface area contributed by atoms with Gasteiger partial charge in [0.2, 0.25) is 0 Å². The average Bonchev–Trinajstić information content (AvgIpc) is 3.31. The summed E-state index contributed by atoms with van der Waals surface area (Å²) in [5, 5.41) is 21.4. The molecule has 0 aliphatic carbocycles. The van der Waals surface area contributed by atoms with Crippen LogP contribution in [-0.4, -0.2) is 26.7 Å². The Morgan fingerprint density at radius 2 is 2.16 bits per heavy atom. The number of hydrogen-bond acceptors (Lipinski definition) is 6. The highest BCUT2D eigenvalue weighted by Crippen LogP contribution is 2.22. The molecule has 0 aliphatic heterocycles. The number of nitrogens with zero attached hydrogens (tertiary/aromatic N) is 3. The molecule has 1 amide bonds. The Morgan fingerprint density at radius 1 is 1.32 bits per heavy atom. The smallest absolute Gasteiger partial charge is 0.289 e. The van der Waals surface area contributed by atoms with Gasteiger partial charge in [0, 0.05) is 17.7 Å². The highest BCUT2D eigenvalue weighted by atomic mass is 16.6. The van der Waals surface area contributed by atoms with Crippen molar-refractivity contribution >= 4 is 17.3 Å². The Bertz CT molecular complexity index is 943. The van der Waals surface area contributed by atoms with Gasteiger partial charge < -0.3 is 4.42 Å². The molecule has 2 N–H and O–H groups in total. The monoisotopic (exact) mass is 339 g/mol. The molecule has 126 valence electrons. The molecular formula is C16H13N5O4. The van der Waals surface area contributed by atoms with Crippen molar-refractivity contribution in [2.45, 2.75) is 6.92 Å². The molecule has 2 aromatic heterocycles. The van der Waals surface area contributed by atoms with Gasteiger partial charge in [-0.05, 0) is 25.1 Å². The predicted molar refractivity (Wildman–Crippen MR) is 89.1 cm³/mol. The van der Waals surface area contributed by atoms with Crippen LogP contribution in [0.15, 0.2) is 58.2 Å². The molecule has 0 radical (unpaired) electrons. The SMILES string of the molecule is C/C(=N/NC(=O)c1cc(-c2cccc([N+](=O)[O-])c2)n[nH]1)c1ccco1. The van der Waals surface area contributed by atoms with Crippen LogP contribution in [0.2, 0.25) is 0 Å². The third-order valence-corrected chi connectivity index (χ3v) is 3.38. The highest BCUT2D eigenvalue weighted by molar-refractivity contribution is 5.98. The van der Waals surface area contributed by atoms with Gasteiger partial charge in [-0.15, -0.1) is 0 Å². The summed E-state index contributed by atoms with van der Waals surface area (Å²) in [7, 11) is 0. The third-order valence-electron chi connectivity index (χ3n) is 3.38. The van der Waals surface area contributed by atoms with Crippen LogP contribution in [0.25, 0.3) is 11.3 Å². The molecular weight excluding hydrogens is 326 g/mol. The zero-order valence-corrected chi connectivity index (χ0v) is 13.1. The van der Waals surface area contributed by atoms with Gasteiger partial charge in [0.1, 0.15) is 17.2 Å². The minimum absolute atomic E-state index is 0.0508. The second-order valence-corrected chi connectivity index (χ2v) is 5.09. The molecule has 3 aromatic rings. The number of nitrogens with one attached hydrogen (secondary N) is 2. The summed E-state index contributed by atoms with van der Waals surface area (Å²) in [4.78, 5) is 22.5. The fraction of sp³-hybridized carbons (Fsp3) is 0.0625. The van der Waals surface area contributed by atoms with E-state index in [4.69, 9.17) is 4.42 Å². The van der Waals surface area contributed by atoms with Gasteiger partial charge in [0.25, 0.3) is 11.6 Å². The number of hydrogen-bond donors (Lipinski definition) is 2. The van der Waals surface area contributed by atoms with Crippen LogP contribution >= 0.6 is 0 Å². The van der Waals surface area contributed by atoms with Crippen LogP contribution in [0.3, 0.4) is 0 Å². The number of aromatic amines is 1. The number of amides is 1. The van der Waals surface area contributed by atoms with Crippen molar-refractivity contribution in [1.82, 2.24) is 15.6 Å². The van der Waals surface area contributed by atoms with Gasteiger partial charge in [-0.25, -0.2) is 5.43 Å². The van der Waals surface area contributed by atoms with Crippen molar-refractivity contribution in [3.05, 3.63) is 70.3 Å². The summed E-state index contributed by atoms with van der Waals surface area (Å²) in [5.41, 5.74) is 3.97. The number of carbonyl (C=O) groups is 1. The van der Waals surface area contributed by atoms with Crippen LogP contribution in [0.5, 0.6) is 0 Å². The minimum Gasteiger partial charge on any atom is -0.463 e. The second-order valence-electron chi connectivity index (χ2n) is 5.09. The van der Waals surface area contributed by atoms with Crippen molar-refractivity contribution in [1.29, 1.82) is 0 Å². The largest absolute Gasteiger partial charge is 0.463 e. The Labute approximate surface area is 141 Å². The molecule has 0 saturated heterocycles. The molecule has 0 spiro atoms. The van der Waals surface area contributed by atoms with Crippen LogP contribution in [0, 0.1) is 10.1 Å². The number of non-ortho nitro benzene ring substituents is 1. The molecule has 9 heteroatoms. The number of rotatable bonds is 5. The van der Waals surface area contributed by atoms with Crippen molar-refractivity contribution in [3.63, 3.8) is 0 Å². The first-order chi connectivity index (χ1) is 12.0. The number of furan rings is 1. The van der Waals surface area contributed by atoms with E-state index >= 15 is 0 Å². The van der Waals surface area contributed by atoms with Gasteiger partial charge in [0.15, 0.2) is 0 Å². The van der Waals surface area contributed by atoms with E-state index in [0.717, 1.165) is 0 Å². The lowest BCUT2D eigenvalue weighted by Crippen LogP contribution is -2.19. The topological polar surface area (TPSA) is 126 Å². The Balaban J connectivity index is 1.75. The Hall–Kier alpha value is -3.75. The van der Waals surface area contributed by atoms with E-state index in [1.807, 2.05) is 0 Å². The molecule has 0 atom stereocenters. The van der Waals surface area contributed by atoms with E-state index < -0.39 is 10.8 Å². The highest BCUT2D eigenvalue weighted by Gasteiger charge is 2.13. The summed E-state index contributed by atoms with van der Waals surface area (Å²) in [6.07, 6.45) is 1.51. The van der Waals surface area contributed by atoms with Crippen molar-refractivity contribution in [3.8, 4) is 11.3 Å². The normalized spacial score (nSPS) is 11.3. The van der Waals surface area contributed by atoms with Crippen LogP contribution in [0.4, 0.5) is 5.69 Å². The van der Waals surface area contributed by atoms with Gasteiger partial charge in [-0.2, -0.15) is 10.2 Å². The first kappa shape index (κ1) is 16.1. The lowest BCUT2D eigenvalue weighted by atomic mass is 10.1. The van der Waals surface area contributed by atoms with E-state index in [1.165, 1.54) is 24.5 Å². The molecule has 0 saturated carbocycles. The molecule has 0 unspecified atom stereocenters. The van der Waals surface area contributed by atoms with E-state index in [1.54, 1.807) is 31.2 Å². The van der Waals surface area contributed by atoms with E-state index in [0.29, 0.717) is 22.7 Å². The van der Waals surface area contributed by atoms with Crippen LogP contribution in [0.1, 0.15) is 23.2 Å². The quantitative estimate of drug-likeness (QED) is 0.420. The van der Waals surface area contributed by atoms with Crippen molar-refractivity contribution < 1.29 is 14.1 Å². The molecule has 25 heavy (non-hydrogen) atoms. The second kappa shape index (κ2) is 6.79. The standard InChI is InChI=1S/C16H13N5O4/c1-10(15-6-3-7-25-15)17-20-16(22)14-9-13(18-19-14)11-4-2-5-12(8-11)21(23)24/h2-9H,1H3,(H,18,19)(H,20,22)/b17-10-. The van der Waals surface area contributed by atoms with E-state index in [-0.39, 0.29) is 11.4 Å². The third kappa shape index (κ3) is 3.61. The number of benzene rings is 1. The molecule has 0 aliphatic rings. The summed E-state index contributed by atoms with van der Waals surface area (Å²) in [6, 6.07) is 10.9.